The molecule has 1 heterocycles. The summed E-state index contributed by atoms with van der Waals surface area (Å²) in [5, 5.41) is 3.27. The molecule has 0 aromatic heterocycles. The van der Waals surface area contributed by atoms with Crippen LogP contribution in [0.1, 0.15) is 19.3 Å². The Labute approximate surface area is 98.0 Å². The first kappa shape index (κ1) is 13.9. The quantitative estimate of drug-likeness (QED) is 0.592. The van der Waals surface area contributed by atoms with E-state index in [4.69, 9.17) is 4.74 Å². The van der Waals surface area contributed by atoms with Crippen LogP contribution in [0.2, 0.25) is 0 Å². The second kappa shape index (κ2) is 7.21. The van der Waals surface area contributed by atoms with Crippen LogP contribution in [0.5, 0.6) is 0 Å². The first-order valence-corrected chi connectivity index (χ1v) is 7.46. The molecule has 1 unspecified atom stereocenters. The monoisotopic (exact) mass is 250 g/mol. The van der Waals surface area contributed by atoms with E-state index in [1.807, 2.05) is 0 Å². The van der Waals surface area contributed by atoms with Crippen LogP contribution in [0.3, 0.4) is 0 Å². The van der Waals surface area contributed by atoms with Crippen molar-refractivity contribution in [3.8, 4) is 0 Å². The van der Waals surface area contributed by atoms with E-state index in [-0.39, 0.29) is 5.75 Å². The van der Waals surface area contributed by atoms with Crippen molar-refractivity contribution in [1.82, 2.24) is 10.0 Å². The zero-order chi connectivity index (χ0) is 11.9. The van der Waals surface area contributed by atoms with Gasteiger partial charge in [-0.25, -0.2) is 13.1 Å². The lowest BCUT2D eigenvalue weighted by Crippen LogP contribution is -2.29. The van der Waals surface area contributed by atoms with Gasteiger partial charge in [-0.15, -0.1) is 0 Å². The van der Waals surface area contributed by atoms with E-state index in [1.54, 1.807) is 7.11 Å². The second-order valence-corrected chi connectivity index (χ2v) is 6.13. The van der Waals surface area contributed by atoms with Crippen LogP contribution in [-0.2, 0) is 14.8 Å². The summed E-state index contributed by atoms with van der Waals surface area (Å²) >= 11 is 0. The Balaban J connectivity index is 2.09. The fourth-order valence-corrected chi connectivity index (χ4v) is 2.92. The van der Waals surface area contributed by atoms with Gasteiger partial charge < -0.3 is 10.1 Å². The maximum absolute atomic E-state index is 11.5. The molecule has 1 atom stereocenters. The molecule has 6 heteroatoms. The van der Waals surface area contributed by atoms with Crippen LogP contribution >= 0.6 is 0 Å². The summed E-state index contributed by atoms with van der Waals surface area (Å²) < 4.78 is 30.4. The number of ether oxygens (including phenoxy) is 1. The lowest BCUT2D eigenvalue weighted by Gasteiger charge is -2.09. The summed E-state index contributed by atoms with van der Waals surface area (Å²) in [6.45, 7) is 3.13. The van der Waals surface area contributed by atoms with Gasteiger partial charge in [0, 0.05) is 20.3 Å². The Hall–Kier alpha value is -0.170. The fourth-order valence-electron chi connectivity index (χ4n) is 1.84. The summed E-state index contributed by atoms with van der Waals surface area (Å²) in [4.78, 5) is 0. The number of nitrogens with one attached hydrogen (secondary N) is 2. The van der Waals surface area contributed by atoms with E-state index in [0.717, 1.165) is 25.9 Å². The van der Waals surface area contributed by atoms with Crippen molar-refractivity contribution in [1.29, 1.82) is 0 Å². The molecule has 1 saturated heterocycles. The first-order chi connectivity index (χ1) is 7.64. The Morgan fingerprint density at radius 2 is 2.31 bits per heavy atom. The van der Waals surface area contributed by atoms with E-state index >= 15 is 0 Å². The standard InChI is InChI=1S/C10H22N2O3S/c1-15-7-2-8-16(13,14)12-6-4-10-3-5-11-9-10/h10-12H,2-9H2,1H3. The average Bonchev–Trinajstić information content (AvgIpc) is 2.70. The zero-order valence-electron chi connectivity index (χ0n) is 9.87. The van der Waals surface area contributed by atoms with Gasteiger partial charge in [0.25, 0.3) is 0 Å². The summed E-state index contributed by atoms with van der Waals surface area (Å²) in [6.07, 6.45) is 2.64. The molecular formula is C10H22N2O3S. The number of rotatable bonds is 8. The topological polar surface area (TPSA) is 67.4 Å². The highest BCUT2D eigenvalue weighted by Gasteiger charge is 2.15. The molecule has 1 aliphatic heterocycles. The minimum Gasteiger partial charge on any atom is -0.385 e. The highest BCUT2D eigenvalue weighted by Crippen LogP contribution is 2.10. The Kier molecular flexibility index (Phi) is 6.26. The highest BCUT2D eigenvalue weighted by molar-refractivity contribution is 7.89. The normalized spacial score (nSPS) is 21.4. The van der Waals surface area contributed by atoms with Gasteiger partial charge in [-0.3, -0.25) is 0 Å². The van der Waals surface area contributed by atoms with Gasteiger partial charge in [-0.05, 0) is 38.3 Å². The van der Waals surface area contributed by atoms with Gasteiger partial charge in [-0.1, -0.05) is 0 Å². The smallest absolute Gasteiger partial charge is 0.211 e. The number of methoxy groups -OCH3 is 1. The van der Waals surface area contributed by atoms with Crippen LogP contribution in [-0.4, -0.2) is 47.5 Å². The summed E-state index contributed by atoms with van der Waals surface area (Å²) in [6, 6.07) is 0. The molecule has 2 N–H and O–H groups in total. The molecule has 0 aliphatic carbocycles. The number of hydrogen-bond donors (Lipinski definition) is 2. The first-order valence-electron chi connectivity index (χ1n) is 5.81. The molecule has 1 aliphatic rings. The molecular weight excluding hydrogens is 228 g/mol. The largest absolute Gasteiger partial charge is 0.385 e. The third-order valence-electron chi connectivity index (χ3n) is 2.80. The van der Waals surface area contributed by atoms with Gasteiger partial charge in [0.05, 0.1) is 5.75 Å². The lowest BCUT2D eigenvalue weighted by atomic mass is 10.1. The number of sulfonamides is 1. The third kappa shape index (κ3) is 5.79. The highest BCUT2D eigenvalue weighted by atomic mass is 32.2. The average molecular weight is 250 g/mol. The van der Waals surface area contributed by atoms with Crippen LogP contribution in [0, 0.1) is 5.92 Å². The molecule has 1 fully saturated rings. The zero-order valence-corrected chi connectivity index (χ0v) is 10.7. The predicted molar refractivity (Wildman–Crippen MR) is 63.9 cm³/mol. The van der Waals surface area contributed by atoms with Crippen LogP contribution in [0.15, 0.2) is 0 Å². The van der Waals surface area contributed by atoms with E-state index < -0.39 is 10.0 Å². The molecule has 0 radical (unpaired) electrons. The second-order valence-electron chi connectivity index (χ2n) is 4.21. The Bertz CT molecular complexity index is 274. The molecule has 0 aromatic carbocycles. The minimum atomic E-state index is -3.10. The van der Waals surface area contributed by atoms with E-state index in [2.05, 4.69) is 10.0 Å². The molecule has 96 valence electrons. The minimum absolute atomic E-state index is 0.157. The van der Waals surface area contributed by atoms with Crippen molar-refractivity contribution in [2.24, 2.45) is 5.92 Å². The van der Waals surface area contributed by atoms with Crippen molar-refractivity contribution in [3.05, 3.63) is 0 Å². The maximum atomic E-state index is 11.5. The molecule has 0 saturated carbocycles. The Morgan fingerprint density at radius 3 is 2.94 bits per heavy atom. The molecule has 0 aromatic rings. The number of hydrogen-bond acceptors (Lipinski definition) is 4. The van der Waals surface area contributed by atoms with Crippen LogP contribution < -0.4 is 10.0 Å². The van der Waals surface area contributed by atoms with Gasteiger partial charge in [-0.2, -0.15) is 0 Å². The van der Waals surface area contributed by atoms with Crippen molar-refractivity contribution in [3.63, 3.8) is 0 Å². The van der Waals surface area contributed by atoms with E-state index in [9.17, 15) is 8.42 Å². The van der Waals surface area contributed by atoms with Crippen molar-refractivity contribution < 1.29 is 13.2 Å². The Morgan fingerprint density at radius 1 is 1.50 bits per heavy atom. The van der Waals surface area contributed by atoms with Crippen LogP contribution in [0.25, 0.3) is 0 Å². The van der Waals surface area contributed by atoms with Crippen molar-refractivity contribution >= 4 is 10.0 Å². The summed E-state index contributed by atoms with van der Waals surface area (Å²) in [7, 11) is -1.52. The van der Waals surface area contributed by atoms with E-state index in [0.29, 0.717) is 25.5 Å². The molecule has 0 bridgehead atoms. The van der Waals surface area contributed by atoms with Crippen molar-refractivity contribution in [2.75, 3.05) is 39.1 Å². The van der Waals surface area contributed by atoms with Gasteiger partial charge in [0.2, 0.25) is 10.0 Å². The van der Waals surface area contributed by atoms with E-state index in [1.165, 1.54) is 0 Å². The van der Waals surface area contributed by atoms with Gasteiger partial charge >= 0.3 is 0 Å². The molecule has 16 heavy (non-hydrogen) atoms. The molecule has 1 rings (SSSR count). The summed E-state index contributed by atoms with van der Waals surface area (Å²) in [5.74, 6) is 0.783. The van der Waals surface area contributed by atoms with Gasteiger partial charge in [0.15, 0.2) is 0 Å². The van der Waals surface area contributed by atoms with Crippen LogP contribution in [0.4, 0.5) is 0 Å². The third-order valence-corrected chi connectivity index (χ3v) is 4.27. The SMILES string of the molecule is COCCCS(=O)(=O)NCCC1CCNC1. The van der Waals surface area contributed by atoms with Gasteiger partial charge in [0.1, 0.15) is 0 Å². The summed E-state index contributed by atoms with van der Waals surface area (Å²) in [5.41, 5.74) is 0. The predicted octanol–water partition coefficient (Wildman–Crippen LogP) is -0.0581. The van der Waals surface area contributed by atoms with Crippen molar-refractivity contribution in [2.45, 2.75) is 19.3 Å². The maximum Gasteiger partial charge on any atom is 0.211 e. The molecule has 0 spiro atoms. The fraction of sp³-hybridized carbons (Fsp3) is 1.00. The lowest BCUT2D eigenvalue weighted by molar-refractivity contribution is 0.199. The molecule has 0 amide bonds. The molecule has 5 nitrogen and oxygen atoms in total.